The molecule has 0 amide bonds. The fraction of sp³-hybridized carbons (Fsp3) is 0.952. The Morgan fingerprint density at radius 2 is 1.61 bits per heavy atom. The van der Waals surface area contributed by atoms with Crippen LogP contribution in [0.5, 0.6) is 0 Å². The van der Waals surface area contributed by atoms with Crippen LogP contribution in [0.25, 0.3) is 0 Å². The van der Waals surface area contributed by atoms with E-state index in [-0.39, 0.29) is 22.9 Å². The molecule has 23 heavy (non-hydrogen) atoms. The van der Waals surface area contributed by atoms with Gasteiger partial charge in [0.15, 0.2) is 0 Å². The summed E-state index contributed by atoms with van der Waals surface area (Å²) in [4.78, 5) is 0. The van der Waals surface area contributed by atoms with Crippen molar-refractivity contribution in [2.45, 2.75) is 79.2 Å². The van der Waals surface area contributed by atoms with E-state index in [0.29, 0.717) is 29.6 Å². The molecule has 3 aliphatic rings. The van der Waals surface area contributed by atoms with Crippen LogP contribution in [0.4, 0.5) is 0 Å². The molecule has 8 atom stereocenters. The molecule has 0 radical (unpaired) electrons. The number of hydrogen-bond donors (Lipinski definition) is 1. The molecule has 0 heterocycles. The Hall–Kier alpha value is -0.550. The minimum atomic E-state index is -0.151. The highest BCUT2D eigenvalue weighted by molar-refractivity contribution is 5.08. The summed E-state index contributed by atoms with van der Waals surface area (Å²) < 4.78 is 0. The Morgan fingerprint density at radius 1 is 0.913 bits per heavy atom. The third-order valence-electron chi connectivity index (χ3n) is 8.57. The van der Waals surface area contributed by atoms with Crippen LogP contribution in [0.3, 0.4) is 0 Å². The van der Waals surface area contributed by atoms with Crippen LogP contribution in [-0.4, -0.2) is 11.2 Å². The Labute approximate surface area is 142 Å². The van der Waals surface area contributed by atoms with Crippen LogP contribution < -0.4 is 0 Å². The van der Waals surface area contributed by atoms with Crippen LogP contribution in [-0.2, 0) is 0 Å². The van der Waals surface area contributed by atoms with Crippen molar-refractivity contribution >= 4 is 0 Å². The quantitative estimate of drug-likeness (QED) is 0.681. The molecule has 3 fully saturated rings. The molecular formula is C21H35NO. The summed E-state index contributed by atoms with van der Waals surface area (Å²) in [5.41, 5.74) is 0.309. The zero-order valence-corrected chi connectivity index (χ0v) is 15.7. The van der Waals surface area contributed by atoms with Gasteiger partial charge in [-0.3, -0.25) is 0 Å². The van der Waals surface area contributed by atoms with Crippen LogP contribution in [0, 0.1) is 57.7 Å². The monoisotopic (exact) mass is 317 g/mol. The average molecular weight is 318 g/mol. The van der Waals surface area contributed by atoms with Gasteiger partial charge in [0.1, 0.15) is 0 Å². The first-order chi connectivity index (χ1) is 10.7. The number of nitriles is 1. The van der Waals surface area contributed by atoms with E-state index < -0.39 is 0 Å². The third kappa shape index (κ3) is 2.55. The van der Waals surface area contributed by atoms with Gasteiger partial charge in [-0.15, -0.1) is 0 Å². The van der Waals surface area contributed by atoms with E-state index in [4.69, 9.17) is 0 Å². The summed E-state index contributed by atoms with van der Waals surface area (Å²) in [6.07, 6.45) is 6.56. The lowest BCUT2D eigenvalue weighted by Gasteiger charge is -2.59. The summed E-state index contributed by atoms with van der Waals surface area (Å²) in [6.45, 7) is 11.9. The van der Waals surface area contributed by atoms with Crippen molar-refractivity contribution in [3.8, 4) is 6.07 Å². The van der Waals surface area contributed by atoms with E-state index in [0.717, 1.165) is 32.1 Å². The Balaban J connectivity index is 2.01. The van der Waals surface area contributed by atoms with Crippen LogP contribution >= 0.6 is 0 Å². The molecule has 0 aromatic rings. The highest BCUT2D eigenvalue weighted by Gasteiger charge is 2.55. The summed E-state index contributed by atoms with van der Waals surface area (Å²) in [6, 6.07) is 2.67. The number of aliphatic hydroxyl groups excluding tert-OH is 1. The average Bonchev–Trinajstić information content (AvgIpc) is 2.48. The second-order valence-corrected chi connectivity index (χ2v) is 9.94. The maximum atomic E-state index is 10.8. The number of rotatable bonds is 0. The van der Waals surface area contributed by atoms with Crippen molar-refractivity contribution in [3.63, 3.8) is 0 Å². The van der Waals surface area contributed by atoms with Gasteiger partial charge in [0.05, 0.1) is 12.2 Å². The van der Waals surface area contributed by atoms with Gasteiger partial charge in [0.25, 0.3) is 0 Å². The van der Waals surface area contributed by atoms with E-state index in [1.54, 1.807) is 0 Å². The predicted molar refractivity (Wildman–Crippen MR) is 93.5 cm³/mol. The summed E-state index contributed by atoms with van der Waals surface area (Å²) in [5.74, 6) is 3.26. The van der Waals surface area contributed by atoms with Crippen molar-refractivity contribution in [1.82, 2.24) is 0 Å². The highest BCUT2D eigenvalue weighted by Crippen LogP contribution is 2.61. The minimum Gasteiger partial charge on any atom is -0.393 e. The largest absolute Gasteiger partial charge is 0.393 e. The molecule has 130 valence electrons. The molecule has 3 aliphatic carbocycles. The number of aliphatic hydroxyl groups is 1. The molecule has 0 spiro atoms. The van der Waals surface area contributed by atoms with Crippen molar-refractivity contribution < 1.29 is 5.11 Å². The molecular weight excluding hydrogens is 282 g/mol. The molecule has 1 N–H and O–H groups in total. The van der Waals surface area contributed by atoms with Gasteiger partial charge in [0, 0.05) is 5.92 Å². The Bertz CT molecular complexity index is 493. The standard InChI is InChI=1S/C21H35NO/c1-13-6-7-19(23)21(5)9-8-16-14(2)10-15(12-22)18(11-17(13)21)20(16,3)4/h13-19,23H,6-11H2,1-5H3/t13-,14-,15?,16+,17-,18+,19?,21+/m1/s1. The van der Waals surface area contributed by atoms with Gasteiger partial charge in [-0.1, -0.05) is 34.6 Å². The van der Waals surface area contributed by atoms with Crippen molar-refractivity contribution in [2.24, 2.45) is 46.3 Å². The first-order valence-corrected chi connectivity index (χ1v) is 9.79. The first-order valence-electron chi connectivity index (χ1n) is 9.79. The van der Waals surface area contributed by atoms with Gasteiger partial charge in [-0.2, -0.15) is 5.26 Å². The second-order valence-electron chi connectivity index (χ2n) is 9.94. The SMILES string of the molecule is C[C@@H]1CCC(O)[C@@]2(C)CC[C@H]3[C@H](C)CC(C#N)[C@H](C[C@H]12)C3(C)C. The second kappa shape index (κ2) is 5.76. The molecule has 0 aromatic heterocycles. The van der Waals surface area contributed by atoms with E-state index in [1.165, 1.54) is 6.42 Å². The van der Waals surface area contributed by atoms with Gasteiger partial charge in [-0.25, -0.2) is 0 Å². The van der Waals surface area contributed by atoms with E-state index in [2.05, 4.69) is 40.7 Å². The minimum absolute atomic E-state index is 0.0573. The highest BCUT2D eigenvalue weighted by atomic mass is 16.3. The van der Waals surface area contributed by atoms with Crippen LogP contribution in [0.15, 0.2) is 0 Å². The third-order valence-corrected chi connectivity index (χ3v) is 8.57. The normalized spacial score (nSPS) is 52.7. The maximum absolute atomic E-state index is 10.8. The van der Waals surface area contributed by atoms with Gasteiger partial charge in [-0.05, 0) is 78.9 Å². The molecule has 2 bridgehead atoms. The topological polar surface area (TPSA) is 44.0 Å². The van der Waals surface area contributed by atoms with E-state index in [9.17, 15) is 10.4 Å². The summed E-state index contributed by atoms with van der Waals surface area (Å²) in [5, 5.41) is 20.6. The molecule has 0 saturated heterocycles. The molecule has 2 nitrogen and oxygen atoms in total. The van der Waals surface area contributed by atoms with Crippen molar-refractivity contribution in [2.75, 3.05) is 0 Å². The van der Waals surface area contributed by atoms with Gasteiger partial charge >= 0.3 is 0 Å². The first kappa shape index (κ1) is 17.3. The zero-order chi connectivity index (χ0) is 17.0. The maximum Gasteiger partial charge on any atom is 0.0659 e. The molecule has 2 unspecified atom stereocenters. The predicted octanol–water partition coefficient (Wildman–Crippen LogP) is 5.02. The lowest BCUT2D eigenvalue weighted by atomic mass is 9.46. The number of fused-ring (bicyclic) bond motifs is 3. The van der Waals surface area contributed by atoms with Crippen molar-refractivity contribution in [3.05, 3.63) is 0 Å². The van der Waals surface area contributed by atoms with Gasteiger partial charge < -0.3 is 5.11 Å². The smallest absolute Gasteiger partial charge is 0.0659 e. The molecule has 0 aromatic carbocycles. The van der Waals surface area contributed by atoms with Crippen LogP contribution in [0.1, 0.15) is 73.1 Å². The number of nitrogens with zero attached hydrogens (tertiary/aromatic N) is 1. The summed E-state index contributed by atoms with van der Waals surface area (Å²) in [7, 11) is 0. The fourth-order valence-corrected chi connectivity index (χ4v) is 6.97. The zero-order valence-electron chi connectivity index (χ0n) is 15.7. The Kier molecular flexibility index (Phi) is 4.33. The molecule has 3 rings (SSSR count). The van der Waals surface area contributed by atoms with E-state index in [1.807, 2.05) is 0 Å². The fourth-order valence-electron chi connectivity index (χ4n) is 6.97. The molecule has 2 heteroatoms. The van der Waals surface area contributed by atoms with Gasteiger partial charge in [0.2, 0.25) is 0 Å². The Morgan fingerprint density at radius 3 is 2.26 bits per heavy atom. The lowest BCUT2D eigenvalue weighted by Crippen LogP contribution is -2.54. The molecule has 3 saturated carbocycles. The van der Waals surface area contributed by atoms with E-state index >= 15 is 0 Å². The van der Waals surface area contributed by atoms with Crippen LogP contribution in [0.2, 0.25) is 0 Å². The lowest BCUT2D eigenvalue weighted by molar-refractivity contribution is -0.128. The molecule has 0 aliphatic heterocycles. The summed E-state index contributed by atoms with van der Waals surface area (Å²) >= 11 is 0. The number of hydrogen-bond acceptors (Lipinski definition) is 2. The van der Waals surface area contributed by atoms with Crippen molar-refractivity contribution in [1.29, 1.82) is 5.26 Å².